The second-order valence-electron chi connectivity index (χ2n) is 3.05. The Kier molecular flexibility index (Phi) is 2.85. The van der Waals surface area contributed by atoms with E-state index >= 15 is 0 Å². The van der Waals surface area contributed by atoms with E-state index in [1.807, 2.05) is 0 Å². The largest absolute Gasteiger partial charge is 0.269 e. The Morgan fingerprint density at radius 3 is 2.14 bits per heavy atom. The van der Waals surface area contributed by atoms with E-state index in [0.29, 0.717) is 5.69 Å². The zero-order valence-corrected chi connectivity index (χ0v) is 8.65. The summed E-state index contributed by atoms with van der Waals surface area (Å²) in [6.07, 6.45) is 3.02. The van der Waals surface area contributed by atoms with Crippen LogP contribution in [0, 0.1) is 10.1 Å². The molecular formula is C8H10N2O3S. The molecule has 0 unspecified atom stereocenters. The fraction of sp³-hybridized carbons (Fsp3) is 0.250. The molecular weight excluding hydrogens is 204 g/mol. The van der Waals surface area contributed by atoms with Gasteiger partial charge in [-0.25, -0.2) is 4.21 Å². The van der Waals surface area contributed by atoms with Gasteiger partial charge in [0.2, 0.25) is 0 Å². The zero-order valence-electron chi connectivity index (χ0n) is 7.84. The van der Waals surface area contributed by atoms with Gasteiger partial charge in [0, 0.05) is 34.4 Å². The molecule has 0 radical (unpaired) electrons. The second kappa shape index (κ2) is 3.75. The predicted octanol–water partition coefficient (Wildman–Crippen LogP) is 1.95. The molecule has 0 spiro atoms. The molecule has 1 aromatic rings. The molecule has 76 valence electrons. The summed E-state index contributed by atoms with van der Waals surface area (Å²) in [5.41, 5.74) is 0.494. The summed E-state index contributed by atoms with van der Waals surface area (Å²) in [4.78, 5) is 9.83. The van der Waals surface area contributed by atoms with Crippen LogP contribution in [0.15, 0.2) is 28.6 Å². The van der Waals surface area contributed by atoms with E-state index in [0.717, 1.165) is 0 Å². The Labute approximate surface area is 82.1 Å². The predicted molar refractivity (Wildman–Crippen MR) is 55.2 cm³/mol. The molecule has 5 nitrogen and oxygen atoms in total. The number of benzene rings is 1. The van der Waals surface area contributed by atoms with Gasteiger partial charge in [-0.1, -0.05) is 0 Å². The third-order valence-corrected chi connectivity index (χ3v) is 2.04. The molecule has 1 rings (SSSR count). The first-order valence-electron chi connectivity index (χ1n) is 3.80. The van der Waals surface area contributed by atoms with Crippen LogP contribution in [-0.2, 0) is 9.73 Å². The third kappa shape index (κ3) is 3.14. The minimum Gasteiger partial charge on any atom is -0.258 e. The van der Waals surface area contributed by atoms with Crippen molar-refractivity contribution < 1.29 is 9.13 Å². The molecule has 14 heavy (non-hydrogen) atoms. The number of hydrogen-bond donors (Lipinski definition) is 0. The lowest BCUT2D eigenvalue weighted by Gasteiger charge is -1.95. The van der Waals surface area contributed by atoms with E-state index in [9.17, 15) is 14.3 Å². The standard InChI is InChI=1S/C8H10N2O3S/c1-14(2,13)9-7-3-5-8(6-4-7)10(11)12/h3-6H,1-2H3. The van der Waals surface area contributed by atoms with Crippen LogP contribution >= 0.6 is 0 Å². The maximum absolute atomic E-state index is 11.3. The monoisotopic (exact) mass is 214 g/mol. The average Bonchev–Trinajstić information content (AvgIpc) is 2.02. The molecule has 0 N–H and O–H groups in total. The number of non-ortho nitro benzene ring substituents is 1. The molecule has 0 bridgehead atoms. The van der Waals surface area contributed by atoms with Crippen molar-refractivity contribution in [3.8, 4) is 0 Å². The van der Waals surface area contributed by atoms with Crippen LogP contribution in [0.4, 0.5) is 11.4 Å². The first-order chi connectivity index (χ1) is 6.38. The Hall–Kier alpha value is -1.43. The Balaban J connectivity index is 3.07. The van der Waals surface area contributed by atoms with Crippen LogP contribution < -0.4 is 0 Å². The average molecular weight is 214 g/mol. The van der Waals surface area contributed by atoms with E-state index in [1.54, 1.807) is 0 Å². The number of nitrogens with zero attached hydrogens (tertiary/aromatic N) is 2. The first-order valence-corrected chi connectivity index (χ1v) is 6.13. The maximum Gasteiger partial charge on any atom is 0.269 e. The summed E-state index contributed by atoms with van der Waals surface area (Å²) in [6, 6.07) is 5.63. The topological polar surface area (TPSA) is 72.6 Å². The fourth-order valence-corrected chi connectivity index (χ4v) is 1.52. The molecule has 0 heterocycles. The number of rotatable bonds is 2. The molecule has 0 aliphatic rings. The van der Waals surface area contributed by atoms with Gasteiger partial charge in [0.25, 0.3) is 5.69 Å². The molecule has 1 aromatic carbocycles. The van der Waals surface area contributed by atoms with Crippen LogP contribution in [0.3, 0.4) is 0 Å². The normalized spacial score (nSPS) is 11.0. The number of nitro groups is 1. The van der Waals surface area contributed by atoms with Crippen molar-refractivity contribution in [2.75, 3.05) is 12.5 Å². The van der Waals surface area contributed by atoms with Gasteiger partial charge in [0.1, 0.15) is 0 Å². The maximum atomic E-state index is 11.3. The molecule has 0 aliphatic carbocycles. The summed E-state index contributed by atoms with van der Waals surface area (Å²) in [5.74, 6) is 0. The van der Waals surface area contributed by atoms with E-state index < -0.39 is 14.7 Å². The smallest absolute Gasteiger partial charge is 0.258 e. The molecule has 0 aliphatic heterocycles. The van der Waals surface area contributed by atoms with Crippen LogP contribution in [0.2, 0.25) is 0 Å². The van der Waals surface area contributed by atoms with Gasteiger partial charge in [0.05, 0.1) is 10.6 Å². The van der Waals surface area contributed by atoms with E-state index in [1.165, 1.54) is 36.8 Å². The summed E-state index contributed by atoms with van der Waals surface area (Å²) in [6.45, 7) is 0. The van der Waals surface area contributed by atoms with E-state index in [2.05, 4.69) is 4.36 Å². The van der Waals surface area contributed by atoms with Crippen molar-refractivity contribution in [1.29, 1.82) is 0 Å². The van der Waals surface area contributed by atoms with Crippen molar-refractivity contribution in [1.82, 2.24) is 0 Å². The number of hydrogen-bond acceptors (Lipinski definition) is 4. The van der Waals surface area contributed by atoms with Crippen molar-refractivity contribution in [3.63, 3.8) is 0 Å². The quantitative estimate of drug-likeness (QED) is 0.558. The Morgan fingerprint density at radius 2 is 1.79 bits per heavy atom. The van der Waals surface area contributed by atoms with Crippen LogP contribution in [-0.4, -0.2) is 21.6 Å². The highest BCUT2D eigenvalue weighted by molar-refractivity contribution is 7.92. The minimum absolute atomic E-state index is 0.00246. The Bertz CT molecular complexity index is 450. The zero-order chi connectivity index (χ0) is 10.8. The molecule has 6 heteroatoms. The number of nitro benzene ring substituents is 1. The third-order valence-electron chi connectivity index (χ3n) is 1.39. The van der Waals surface area contributed by atoms with E-state index in [4.69, 9.17) is 0 Å². The van der Waals surface area contributed by atoms with Crippen molar-refractivity contribution in [3.05, 3.63) is 34.4 Å². The highest BCUT2D eigenvalue weighted by atomic mass is 32.2. The van der Waals surface area contributed by atoms with Gasteiger partial charge in [0.15, 0.2) is 0 Å². The van der Waals surface area contributed by atoms with Crippen LogP contribution in [0.25, 0.3) is 0 Å². The fourth-order valence-electron chi connectivity index (χ4n) is 0.889. The van der Waals surface area contributed by atoms with Gasteiger partial charge >= 0.3 is 0 Å². The molecule has 0 fully saturated rings. The molecule has 0 amide bonds. The minimum atomic E-state index is -2.21. The van der Waals surface area contributed by atoms with Gasteiger partial charge in [-0.05, 0) is 12.1 Å². The van der Waals surface area contributed by atoms with Crippen molar-refractivity contribution in [2.24, 2.45) is 4.36 Å². The summed E-state index contributed by atoms with van der Waals surface area (Å²) < 4.78 is 15.2. The summed E-state index contributed by atoms with van der Waals surface area (Å²) in [7, 11) is -2.21. The van der Waals surface area contributed by atoms with Crippen molar-refractivity contribution in [2.45, 2.75) is 0 Å². The van der Waals surface area contributed by atoms with Crippen molar-refractivity contribution >= 4 is 21.1 Å². The molecule has 0 aromatic heterocycles. The first kappa shape index (κ1) is 10.6. The van der Waals surface area contributed by atoms with Gasteiger partial charge < -0.3 is 0 Å². The molecule has 0 saturated heterocycles. The lowest BCUT2D eigenvalue weighted by atomic mass is 10.3. The highest BCUT2D eigenvalue weighted by Crippen LogP contribution is 2.18. The lowest BCUT2D eigenvalue weighted by molar-refractivity contribution is -0.384. The highest BCUT2D eigenvalue weighted by Gasteiger charge is 2.03. The van der Waals surface area contributed by atoms with Gasteiger partial charge in [-0.3, -0.25) is 10.1 Å². The van der Waals surface area contributed by atoms with Gasteiger partial charge in [-0.15, -0.1) is 0 Å². The lowest BCUT2D eigenvalue weighted by Crippen LogP contribution is -1.89. The molecule has 0 saturated carbocycles. The molecule has 0 atom stereocenters. The van der Waals surface area contributed by atoms with E-state index in [-0.39, 0.29) is 5.69 Å². The van der Waals surface area contributed by atoms with Crippen LogP contribution in [0.5, 0.6) is 0 Å². The SMILES string of the molecule is CS(C)(=O)=Nc1ccc([N+](=O)[O-])cc1. The van der Waals surface area contributed by atoms with Gasteiger partial charge in [-0.2, -0.15) is 4.36 Å². The Morgan fingerprint density at radius 1 is 1.29 bits per heavy atom. The summed E-state index contributed by atoms with van der Waals surface area (Å²) >= 11 is 0. The summed E-state index contributed by atoms with van der Waals surface area (Å²) in [5, 5.41) is 10.3. The second-order valence-corrected chi connectivity index (χ2v) is 5.59. The van der Waals surface area contributed by atoms with Crippen LogP contribution in [0.1, 0.15) is 0 Å².